The fourth-order valence-corrected chi connectivity index (χ4v) is 2.94. The van der Waals surface area contributed by atoms with Crippen LogP contribution in [0.5, 0.6) is 0 Å². The standard InChI is InChI=1S/C10H14N2S.C7H6O2/c1-12(2)5-3-8-7-11-10-9(8)4-6-13-10;8-7(9)6-4-2-1-3-5-6/h4,6-7,11H,3,5H2,1-2H3;1-5H,(H,8,9). The van der Waals surface area contributed by atoms with Crippen molar-refractivity contribution in [2.24, 2.45) is 0 Å². The highest BCUT2D eigenvalue weighted by Crippen LogP contribution is 2.30. The van der Waals surface area contributed by atoms with Crippen LogP contribution in [0.3, 0.4) is 0 Å². The molecule has 0 saturated heterocycles. The van der Waals surface area contributed by atoms with Gasteiger partial charge in [-0.15, -0.1) is 0 Å². The highest BCUT2D eigenvalue weighted by atomic mass is 32.1. The third kappa shape index (κ3) is 4.53. The number of carbonyl (C=O) groups excluding carboxylic acids is 1. The molecule has 0 saturated carbocycles. The summed E-state index contributed by atoms with van der Waals surface area (Å²) >= 11 is 1.83. The molecule has 116 valence electrons. The van der Waals surface area contributed by atoms with Crippen LogP contribution in [-0.4, -0.2) is 31.5 Å². The second kappa shape index (κ2) is 7.89. The van der Waals surface area contributed by atoms with Gasteiger partial charge in [-0.3, -0.25) is 5.32 Å². The number of hydrogen-bond acceptors (Lipinski definition) is 4. The minimum absolute atomic E-state index is 0.220. The lowest BCUT2D eigenvalue weighted by Crippen LogP contribution is -2.68. The Kier molecular flexibility index (Phi) is 5.89. The minimum atomic E-state index is -1.13. The second-order valence-electron chi connectivity index (χ2n) is 5.26. The maximum absolute atomic E-state index is 10.1. The predicted molar refractivity (Wildman–Crippen MR) is 87.8 cm³/mol. The van der Waals surface area contributed by atoms with Crippen LogP contribution in [0, 0.1) is 0 Å². The number of quaternary nitrogens is 1. The van der Waals surface area contributed by atoms with E-state index in [2.05, 4.69) is 42.0 Å². The van der Waals surface area contributed by atoms with Crippen molar-refractivity contribution >= 4 is 27.9 Å². The third-order valence-electron chi connectivity index (χ3n) is 3.31. The SMILES string of the molecule is CN(C)CCC1=C[NH2+]c2sccc21.O=C([O-])c1ccccc1. The van der Waals surface area contributed by atoms with Crippen LogP contribution in [0.15, 0.2) is 48.0 Å². The number of fused-ring (bicyclic) bond motifs is 1. The molecule has 0 bridgehead atoms. The summed E-state index contributed by atoms with van der Waals surface area (Å²) in [5, 5.41) is 15.9. The first-order valence-electron chi connectivity index (χ1n) is 7.11. The molecule has 1 aliphatic heterocycles. The normalized spacial score (nSPS) is 12.4. The first-order valence-corrected chi connectivity index (χ1v) is 7.99. The molecule has 0 spiro atoms. The van der Waals surface area contributed by atoms with Gasteiger partial charge < -0.3 is 14.8 Å². The van der Waals surface area contributed by atoms with Crippen molar-refractivity contribution in [2.45, 2.75) is 6.42 Å². The molecule has 0 fully saturated rings. The number of rotatable bonds is 4. The molecule has 0 amide bonds. The van der Waals surface area contributed by atoms with Crippen LogP contribution in [-0.2, 0) is 0 Å². The quantitative estimate of drug-likeness (QED) is 0.925. The monoisotopic (exact) mass is 316 g/mol. The summed E-state index contributed by atoms with van der Waals surface area (Å²) in [5.41, 5.74) is 3.16. The molecule has 1 aromatic carbocycles. The molecular formula is C17H20N2O2S. The zero-order valence-electron chi connectivity index (χ0n) is 12.8. The lowest BCUT2D eigenvalue weighted by molar-refractivity contribution is -0.487. The molecule has 1 aliphatic rings. The van der Waals surface area contributed by atoms with Crippen molar-refractivity contribution in [1.29, 1.82) is 0 Å². The highest BCUT2D eigenvalue weighted by Gasteiger charge is 2.19. The average Bonchev–Trinajstić information content (AvgIpc) is 3.10. The zero-order chi connectivity index (χ0) is 15.9. The average molecular weight is 316 g/mol. The van der Waals surface area contributed by atoms with Crippen molar-refractivity contribution in [3.63, 3.8) is 0 Å². The summed E-state index contributed by atoms with van der Waals surface area (Å²) in [7, 11) is 4.24. The Labute approximate surface area is 134 Å². The van der Waals surface area contributed by atoms with E-state index < -0.39 is 5.97 Å². The number of hydrogen-bond donors (Lipinski definition) is 1. The van der Waals surface area contributed by atoms with E-state index in [9.17, 15) is 9.90 Å². The van der Waals surface area contributed by atoms with E-state index in [0.29, 0.717) is 0 Å². The van der Waals surface area contributed by atoms with Crippen LogP contribution in [0.2, 0.25) is 0 Å². The molecule has 2 N–H and O–H groups in total. The number of benzene rings is 1. The Bertz CT molecular complexity index is 648. The summed E-state index contributed by atoms with van der Waals surface area (Å²) in [6, 6.07) is 10.3. The number of nitrogens with two attached hydrogens (primary N) is 1. The minimum Gasteiger partial charge on any atom is -0.545 e. The van der Waals surface area contributed by atoms with Crippen molar-refractivity contribution in [3.8, 4) is 0 Å². The van der Waals surface area contributed by atoms with Gasteiger partial charge in [0.05, 0.1) is 11.5 Å². The summed E-state index contributed by atoms with van der Waals surface area (Å²) in [6.45, 7) is 1.13. The number of thiophene rings is 1. The van der Waals surface area contributed by atoms with Crippen LogP contribution >= 0.6 is 11.3 Å². The van der Waals surface area contributed by atoms with Gasteiger partial charge in [0.2, 0.25) is 0 Å². The predicted octanol–water partition coefficient (Wildman–Crippen LogP) is 1.30. The molecule has 2 heterocycles. The number of aromatic carboxylic acids is 1. The summed E-state index contributed by atoms with van der Waals surface area (Å²) in [6.07, 6.45) is 3.41. The lowest BCUT2D eigenvalue weighted by atomic mass is 10.1. The van der Waals surface area contributed by atoms with E-state index in [-0.39, 0.29) is 5.56 Å². The van der Waals surface area contributed by atoms with Gasteiger partial charge in [0.1, 0.15) is 6.20 Å². The first-order chi connectivity index (χ1) is 10.6. The molecule has 0 atom stereocenters. The van der Waals surface area contributed by atoms with E-state index >= 15 is 0 Å². The zero-order valence-corrected chi connectivity index (χ0v) is 13.6. The van der Waals surface area contributed by atoms with Gasteiger partial charge in [0, 0.05) is 12.1 Å². The van der Waals surface area contributed by atoms with E-state index in [1.165, 1.54) is 28.3 Å². The Hall–Kier alpha value is -1.95. The van der Waals surface area contributed by atoms with Gasteiger partial charge in [-0.1, -0.05) is 41.7 Å². The first kappa shape index (κ1) is 16.4. The maximum Gasteiger partial charge on any atom is 0.197 e. The molecule has 0 radical (unpaired) electrons. The largest absolute Gasteiger partial charge is 0.545 e. The van der Waals surface area contributed by atoms with Crippen molar-refractivity contribution < 1.29 is 15.2 Å². The Balaban J connectivity index is 0.000000172. The van der Waals surface area contributed by atoms with Gasteiger partial charge >= 0.3 is 0 Å². The van der Waals surface area contributed by atoms with Gasteiger partial charge in [-0.25, -0.2) is 0 Å². The lowest BCUT2D eigenvalue weighted by Gasteiger charge is -2.08. The van der Waals surface area contributed by atoms with Gasteiger partial charge in [-0.05, 0) is 37.5 Å². The number of carbonyl (C=O) groups is 1. The summed E-state index contributed by atoms with van der Waals surface area (Å²) < 4.78 is 0. The van der Waals surface area contributed by atoms with E-state index in [1.807, 2.05) is 11.3 Å². The molecule has 4 nitrogen and oxygen atoms in total. The number of nitrogens with zero attached hydrogens (tertiary/aromatic N) is 1. The fraction of sp³-hybridized carbons (Fsp3) is 0.235. The fourth-order valence-electron chi connectivity index (χ4n) is 2.12. The smallest absolute Gasteiger partial charge is 0.197 e. The molecule has 0 aliphatic carbocycles. The third-order valence-corrected chi connectivity index (χ3v) is 4.20. The van der Waals surface area contributed by atoms with Crippen LogP contribution in [0.1, 0.15) is 22.3 Å². The molecule has 3 rings (SSSR count). The Morgan fingerprint density at radius 1 is 1.23 bits per heavy atom. The van der Waals surface area contributed by atoms with Gasteiger partial charge in [0.15, 0.2) is 5.00 Å². The van der Waals surface area contributed by atoms with Crippen LogP contribution < -0.4 is 10.4 Å². The van der Waals surface area contributed by atoms with Crippen LogP contribution in [0.4, 0.5) is 5.00 Å². The van der Waals surface area contributed by atoms with Crippen molar-refractivity contribution in [1.82, 2.24) is 4.90 Å². The summed E-state index contributed by atoms with van der Waals surface area (Å²) in [4.78, 5) is 12.3. The molecule has 2 aromatic rings. The Morgan fingerprint density at radius 3 is 2.55 bits per heavy atom. The molecule has 1 aromatic heterocycles. The number of carboxylic acid groups (broad SMARTS) is 1. The van der Waals surface area contributed by atoms with Crippen molar-refractivity contribution in [2.75, 3.05) is 20.6 Å². The molecule has 22 heavy (non-hydrogen) atoms. The number of carboxylic acids is 1. The van der Waals surface area contributed by atoms with Gasteiger partial charge in [-0.2, -0.15) is 0 Å². The summed E-state index contributed by atoms with van der Waals surface area (Å²) in [5.74, 6) is -1.13. The molecular weight excluding hydrogens is 296 g/mol. The van der Waals surface area contributed by atoms with E-state index in [1.54, 1.807) is 18.2 Å². The Morgan fingerprint density at radius 2 is 1.95 bits per heavy atom. The maximum atomic E-state index is 10.1. The highest BCUT2D eigenvalue weighted by molar-refractivity contribution is 7.13. The van der Waals surface area contributed by atoms with Crippen LogP contribution in [0.25, 0.3) is 5.57 Å². The topological polar surface area (TPSA) is 60.0 Å². The van der Waals surface area contributed by atoms with E-state index in [0.717, 1.165) is 13.0 Å². The van der Waals surface area contributed by atoms with E-state index in [4.69, 9.17) is 0 Å². The molecule has 0 unspecified atom stereocenters. The second-order valence-corrected chi connectivity index (χ2v) is 6.21. The van der Waals surface area contributed by atoms with Crippen molar-refractivity contribution in [3.05, 3.63) is 59.1 Å². The molecule has 5 heteroatoms. The van der Waals surface area contributed by atoms with Gasteiger partial charge in [0.25, 0.3) is 0 Å².